The summed E-state index contributed by atoms with van der Waals surface area (Å²) in [6, 6.07) is 16.5. The number of nitrogens with zero attached hydrogens (tertiary/aromatic N) is 3. The molecule has 4 aromatic rings. The first-order chi connectivity index (χ1) is 17.8. The first-order valence-corrected chi connectivity index (χ1v) is 12.7. The van der Waals surface area contributed by atoms with Gasteiger partial charge in [-0.15, -0.1) is 11.3 Å². The summed E-state index contributed by atoms with van der Waals surface area (Å²) < 4.78 is 4.82. The van der Waals surface area contributed by atoms with E-state index < -0.39 is 5.97 Å². The van der Waals surface area contributed by atoms with Crippen LogP contribution in [0.15, 0.2) is 65.0 Å². The average Bonchev–Trinajstić information content (AvgIpc) is 3.52. The van der Waals surface area contributed by atoms with Crippen molar-refractivity contribution < 1.29 is 19.4 Å². The Morgan fingerprint density at radius 1 is 1.08 bits per heavy atom. The van der Waals surface area contributed by atoms with Gasteiger partial charge in [0.1, 0.15) is 0 Å². The van der Waals surface area contributed by atoms with E-state index in [0.717, 1.165) is 28.9 Å². The molecule has 1 amide bonds. The van der Waals surface area contributed by atoms with Gasteiger partial charge in [-0.25, -0.2) is 9.79 Å². The second-order valence-corrected chi connectivity index (χ2v) is 9.83. The lowest BCUT2D eigenvalue weighted by Crippen LogP contribution is -2.31. The van der Waals surface area contributed by atoms with Crippen LogP contribution in [0.25, 0.3) is 10.9 Å². The van der Waals surface area contributed by atoms with E-state index in [9.17, 15) is 14.7 Å². The van der Waals surface area contributed by atoms with Crippen molar-refractivity contribution in [3.63, 3.8) is 0 Å². The lowest BCUT2D eigenvalue weighted by atomic mass is 10.0. The lowest BCUT2D eigenvalue weighted by Gasteiger charge is -2.22. The van der Waals surface area contributed by atoms with Gasteiger partial charge in [-0.3, -0.25) is 4.79 Å². The highest BCUT2D eigenvalue weighted by Gasteiger charge is 2.21. The number of H-pyrrole nitrogens is 1. The van der Waals surface area contributed by atoms with Crippen LogP contribution >= 0.6 is 11.3 Å². The molecule has 0 aliphatic carbocycles. The molecule has 0 bridgehead atoms. The van der Waals surface area contributed by atoms with E-state index >= 15 is 0 Å². The van der Waals surface area contributed by atoms with Gasteiger partial charge in [-0.05, 0) is 74.9 Å². The third kappa shape index (κ3) is 5.90. The number of aromatic amines is 1. The second-order valence-electron chi connectivity index (χ2n) is 8.88. The zero-order chi connectivity index (χ0) is 26.5. The monoisotopic (exact) mass is 518 g/mol. The molecule has 0 atom stereocenters. The smallest absolute Gasteiger partial charge is 0.337 e. The number of ether oxygens (including phenoxy) is 1. The fraction of sp³-hybridized carbons (Fsp3) is 0.250. The first-order valence-electron chi connectivity index (χ1n) is 11.9. The number of anilines is 1. The summed E-state index contributed by atoms with van der Waals surface area (Å²) in [5.74, 6) is -0.500. The zero-order valence-corrected chi connectivity index (χ0v) is 22.1. The highest BCUT2D eigenvalue weighted by atomic mass is 32.1. The van der Waals surface area contributed by atoms with Crippen LogP contribution < -0.4 is 4.90 Å². The minimum absolute atomic E-state index is 0.00989. The number of carbonyl (C=O) groups excluding carboxylic acids is 2. The minimum atomic E-state index is -0.453. The Balaban J connectivity index is 1.71. The number of aliphatic imine (C=N–C) groups is 1. The zero-order valence-electron chi connectivity index (χ0n) is 21.3. The number of methoxy groups -OCH3 is 1. The molecule has 4 rings (SSSR count). The van der Waals surface area contributed by atoms with Crippen LogP contribution in [0, 0.1) is 0 Å². The van der Waals surface area contributed by atoms with Crippen molar-refractivity contribution in [3.05, 3.63) is 76.0 Å². The summed E-state index contributed by atoms with van der Waals surface area (Å²) in [6.45, 7) is 3.10. The summed E-state index contributed by atoms with van der Waals surface area (Å²) in [5.41, 5.74) is 3.63. The number of thiophene rings is 1. The second kappa shape index (κ2) is 11.4. The molecule has 192 valence electrons. The van der Waals surface area contributed by atoms with Crippen molar-refractivity contribution in [2.24, 2.45) is 4.99 Å². The van der Waals surface area contributed by atoms with Gasteiger partial charge in [0.15, 0.2) is 5.88 Å². The highest BCUT2D eigenvalue weighted by molar-refractivity contribution is 7.12. The van der Waals surface area contributed by atoms with Gasteiger partial charge >= 0.3 is 5.97 Å². The molecule has 0 fully saturated rings. The van der Waals surface area contributed by atoms with Crippen LogP contribution in [0.5, 0.6) is 5.88 Å². The summed E-state index contributed by atoms with van der Waals surface area (Å²) in [6.07, 6.45) is 0.868. The van der Waals surface area contributed by atoms with E-state index in [2.05, 4.69) is 9.88 Å². The molecule has 0 aliphatic rings. The topological polar surface area (TPSA) is 98.2 Å². The number of hydrogen-bond donors (Lipinski definition) is 2. The molecule has 37 heavy (non-hydrogen) atoms. The largest absolute Gasteiger partial charge is 0.494 e. The quantitative estimate of drug-likeness (QED) is 0.235. The van der Waals surface area contributed by atoms with Gasteiger partial charge in [-0.2, -0.15) is 0 Å². The van der Waals surface area contributed by atoms with Crippen molar-refractivity contribution in [1.82, 2.24) is 9.88 Å². The summed E-state index contributed by atoms with van der Waals surface area (Å²) in [5, 5.41) is 13.6. The number of carbonyl (C=O) groups is 2. The summed E-state index contributed by atoms with van der Waals surface area (Å²) in [7, 11) is 5.36. The fourth-order valence-electron chi connectivity index (χ4n) is 4.16. The first kappa shape index (κ1) is 26.1. The number of esters is 1. The molecule has 9 heteroatoms. The van der Waals surface area contributed by atoms with Crippen molar-refractivity contribution in [1.29, 1.82) is 0 Å². The standard InChI is InChI=1S/C28H30N4O4S/c1-18(33)32(15-6-14-31(2)3)21-11-9-20(10-12-21)29-26(24-7-5-16-37-24)25-22-13-8-19(28(35)36-4)17-23(22)30-27(25)34/h5,7-13,16-17,30,34H,6,14-15H2,1-4H3. The van der Waals surface area contributed by atoms with Crippen LogP contribution in [0.1, 0.15) is 34.1 Å². The Kier molecular flexibility index (Phi) is 8.05. The molecule has 2 N–H and O–H groups in total. The van der Waals surface area contributed by atoms with Gasteiger partial charge in [-0.1, -0.05) is 12.1 Å². The molecule has 2 aromatic heterocycles. The SMILES string of the molecule is COC(=O)c1ccc2c(C(=Nc3ccc(N(CCCN(C)C)C(C)=O)cc3)c3cccs3)c(O)[nH]c2c1. The van der Waals surface area contributed by atoms with Crippen LogP contribution in [-0.4, -0.2) is 66.9 Å². The van der Waals surface area contributed by atoms with E-state index in [1.165, 1.54) is 18.4 Å². The molecule has 0 aliphatic heterocycles. The third-order valence-electron chi connectivity index (χ3n) is 5.96. The molecule has 2 heterocycles. The highest BCUT2D eigenvalue weighted by Crippen LogP contribution is 2.33. The Bertz CT molecular complexity index is 1420. The number of amides is 1. The van der Waals surface area contributed by atoms with Crippen LogP contribution in [-0.2, 0) is 9.53 Å². The predicted molar refractivity (Wildman–Crippen MR) is 149 cm³/mol. The maximum absolute atomic E-state index is 12.3. The number of aromatic hydroxyl groups is 1. The maximum Gasteiger partial charge on any atom is 0.337 e. The number of rotatable bonds is 9. The Morgan fingerprint density at radius 2 is 1.84 bits per heavy atom. The van der Waals surface area contributed by atoms with Gasteiger partial charge in [0, 0.05) is 30.1 Å². The Labute approximate surface area is 219 Å². The predicted octanol–water partition coefficient (Wildman–Crippen LogP) is 5.20. The molecule has 2 aromatic carbocycles. The van der Waals surface area contributed by atoms with E-state index in [1.54, 1.807) is 30.0 Å². The summed E-state index contributed by atoms with van der Waals surface area (Å²) >= 11 is 1.51. The van der Waals surface area contributed by atoms with Crippen molar-refractivity contribution in [2.75, 3.05) is 39.2 Å². The molecule has 0 saturated heterocycles. The van der Waals surface area contributed by atoms with Crippen LogP contribution in [0.4, 0.5) is 11.4 Å². The molecular weight excluding hydrogens is 488 g/mol. The average molecular weight is 519 g/mol. The van der Waals surface area contributed by atoms with Gasteiger partial charge in [0.25, 0.3) is 0 Å². The third-order valence-corrected chi connectivity index (χ3v) is 6.84. The molecule has 0 unspecified atom stereocenters. The normalized spacial score (nSPS) is 11.8. The lowest BCUT2D eigenvalue weighted by molar-refractivity contribution is -0.116. The molecule has 0 spiro atoms. The van der Waals surface area contributed by atoms with Gasteiger partial charge < -0.3 is 24.6 Å². The van der Waals surface area contributed by atoms with Crippen molar-refractivity contribution >= 4 is 51.2 Å². The number of aromatic nitrogens is 1. The van der Waals surface area contributed by atoms with Crippen molar-refractivity contribution in [3.8, 4) is 5.88 Å². The van der Waals surface area contributed by atoms with E-state index in [1.807, 2.05) is 55.9 Å². The van der Waals surface area contributed by atoms with Crippen molar-refractivity contribution in [2.45, 2.75) is 13.3 Å². The van der Waals surface area contributed by atoms with E-state index in [-0.39, 0.29) is 11.8 Å². The number of fused-ring (bicyclic) bond motifs is 1. The molecule has 0 radical (unpaired) electrons. The van der Waals surface area contributed by atoms with Crippen LogP contribution in [0.2, 0.25) is 0 Å². The van der Waals surface area contributed by atoms with E-state index in [4.69, 9.17) is 9.73 Å². The Morgan fingerprint density at radius 3 is 2.46 bits per heavy atom. The summed E-state index contributed by atoms with van der Waals surface area (Å²) in [4.78, 5) is 36.8. The molecule has 8 nitrogen and oxygen atoms in total. The van der Waals surface area contributed by atoms with Crippen LogP contribution in [0.3, 0.4) is 0 Å². The Hall–Kier alpha value is -3.95. The number of nitrogens with one attached hydrogen (secondary N) is 1. The minimum Gasteiger partial charge on any atom is -0.494 e. The molecular formula is C28H30N4O4S. The number of hydrogen-bond acceptors (Lipinski definition) is 7. The fourth-order valence-corrected chi connectivity index (χ4v) is 4.89. The van der Waals surface area contributed by atoms with E-state index in [0.29, 0.717) is 34.6 Å². The van der Waals surface area contributed by atoms with Gasteiger partial charge in [0.05, 0.1) is 34.5 Å². The maximum atomic E-state index is 12.3. The molecule has 0 saturated carbocycles. The van der Waals surface area contributed by atoms with Gasteiger partial charge in [0.2, 0.25) is 5.91 Å². The number of benzene rings is 2.